The van der Waals surface area contributed by atoms with Gasteiger partial charge in [0, 0.05) is 16.3 Å². The van der Waals surface area contributed by atoms with Gasteiger partial charge in [0.2, 0.25) is 11.6 Å². The van der Waals surface area contributed by atoms with Crippen LogP contribution in [-0.4, -0.2) is 20.8 Å². The van der Waals surface area contributed by atoms with E-state index in [-0.39, 0.29) is 11.6 Å². The van der Waals surface area contributed by atoms with E-state index in [9.17, 15) is 14.9 Å². The monoisotopic (exact) mass is 412 g/mol. The Kier molecular flexibility index (Phi) is 5.89. The molecule has 10 heteroatoms. The van der Waals surface area contributed by atoms with Gasteiger partial charge in [0.05, 0.1) is 4.92 Å². The fourth-order valence-corrected chi connectivity index (χ4v) is 2.61. The predicted molar refractivity (Wildman–Crippen MR) is 110 cm³/mol. The lowest BCUT2D eigenvalue weighted by molar-refractivity contribution is -0.383. The lowest BCUT2D eigenvalue weighted by atomic mass is 10.1. The average molecular weight is 413 g/mol. The van der Waals surface area contributed by atoms with Crippen molar-refractivity contribution < 1.29 is 9.72 Å². The van der Waals surface area contributed by atoms with Crippen LogP contribution in [0, 0.1) is 24.0 Å². The van der Waals surface area contributed by atoms with Gasteiger partial charge in [-0.05, 0) is 61.4 Å². The highest BCUT2D eigenvalue weighted by atomic mass is 35.5. The number of aromatic nitrogens is 2. The van der Waals surface area contributed by atoms with E-state index in [1.165, 1.54) is 12.1 Å². The highest BCUT2D eigenvalue weighted by molar-refractivity contribution is 6.30. The van der Waals surface area contributed by atoms with Crippen LogP contribution in [0.1, 0.15) is 21.5 Å². The molecule has 148 valence electrons. The van der Waals surface area contributed by atoms with Crippen molar-refractivity contribution in [3.8, 4) is 0 Å². The minimum absolute atomic E-state index is 0.00325. The second-order valence-electron chi connectivity index (χ2n) is 6.19. The molecular formula is C19H17ClN6O3. The van der Waals surface area contributed by atoms with E-state index in [0.29, 0.717) is 16.3 Å². The van der Waals surface area contributed by atoms with E-state index >= 15 is 0 Å². The van der Waals surface area contributed by atoms with Crippen molar-refractivity contribution in [3.05, 3.63) is 80.6 Å². The van der Waals surface area contributed by atoms with Crippen LogP contribution in [0.2, 0.25) is 5.02 Å². The number of carbonyl (C=O) groups excluding carboxylic acids is 1. The van der Waals surface area contributed by atoms with Crippen molar-refractivity contribution in [3.63, 3.8) is 0 Å². The van der Waals surface area contributed by atoms with E-state index < -0.39 is 16.5 Å². The zero-order chi connectivity index (χ0) is 21.0. The lowest BCUT2D eigenvalue weighted by Crippen LogP contribution is -2.30. The van der Waals surface area contributed by atoms with Crippen molar-refractivity contribution in [2.24, 2.45) is 0 Å². The number of nitrogens with zero attached hydrogens (tertiary/aromatic N) is 3. The van der Waals surface area contributed by atoms with Gasteiger partial charge in [-0.1, -0.05) is 17.7 Å². The summed E-state index contributed by atoms with van der Waals surface area (Å²) in [6.45, 7) is 3.91. The fourth-order valence-electron chi connectivity index (χ4n) is 2.48. The first kappa shape index (κ1) is 20.0. The lowest BCUT2D eigenvalue weighted by Gasteiger charge is -2.11. The Morgan fingerprint density at radius 1 is 1.03 bits per heavy atom. The molecule has 0 unspecified atom stereocenters. The summed E-state index contributed by atoms with van der Waals surface area (Å²) in [5.74, 6) is -0.659. The molecule has 1 heterocycles. The number of halogens is 1. The van der Waals surface area contributed by atoms with Gasteiger partial charge in [-0.15, -0.1) is 0 Å². The van der Waals surface area contributed by atoms with Crippen molar-refractivity contribution >= 4 is 40.5 Å². The second-order valence-corrected chi connectivity index (χ2v) is 6.62. The van der Waals surface area contributed by atoms with Crippen LogP contribution >= 0.6 is 11.6 Å². The number of hydrogen-bond acceptors (Lipinski definition) is 7. The molecule has 3 rings (SSSR count). The van der Waals surface area contributed by atoms with Crippen LogP contribution in [0.3, 0.4) is 0 Å². The van der Waals surface area contributed by atoms with Crippen LogP contribution in [-0.2, 0) is 0 Å². The van der Waals surface area contributed by atoms with Crippen molar-refractivity contribution in [1.82, 2.24) is 15.4 Å². The SMILES string of the molecule is Cc1ccc(Nc2ncnc(NNC(=O)c3ccc(Cl)cc3)c2[N+](=O)[O-])cc1C. The van der Waals surface area contributed by atoms with E-state index in [4.69, 9.17) is 11.6 Å². The minimum atomic E-state index is -0.625. The zero-order valence-corrected chi connectivity index (χ0v) is 16.3. The van der Waals surface area contributed by atoms with Crippen LogP contribution in [0.25, 0.3) is 0 Å². The highest BCUT2D eigenvalue weighted by Gasteiger charge is 2.23. The summed E-state index contributed by atoms with van der Waals surface area (Å²) in [7, 11) is 0. The van der Waals surface area contributed by atoms with Gasteiger partial charge in [-0.2, -0.15) is 0 Å². The summed E-state index contributed by atoms with van der Waals surface area (Å²) >= 11 is 5.80. The van der Waals surface area contributed by atoms with Gasteiger partial charge in [0.15, 0.2) is 0 Å². The molecule has 2 aromatic carbocycles. The van der Waals surface area contributed by atoms with Crippen LogP contribution in [0.4, 0.5) is 23.0 Å². The number of rotatable bonds is 6. The Morgan fingerprint density at radius 2 is 1.72 bits per heavy atom. The maximum atomic E-state index is 12.2. The molecule has 0 bridgehead atoms. The molecule has 3 N–H and O–H groups in total. The maximum Gasteiger partial charge on any atom is 0.355 e. The largest absolute Gasteiger partial charge is 0.355 e. The molecule has 1 amide bonds. The number of amides is 1. The molecule has 0 atom stereocenters. The number of hydrogen-bond donors (Lipinski definition) is 3. The quantitative estimate of drug-likeness (QED) is 0.410. The standard InChI is InChI=1S/C19H17ClN6O3/c1-11-3-8-15(9-12(11)2)23-17-16(26(28)29)18(22-10-21-17)24-25-19(27)13-4-6-14(20)7-5-13/h3-10H,1-2H3,(H,25,27)(H2,21,22,23,24). The molecular weight excluding hydrogens is 396 g/mol. The van der Waals surface area contributed by atoms with Crippen LogP contribution < -0.4 is 16.2 Å². The molecule has 0 aliphatic carbocycles. The Labute approximate surface area is 171 Å². The average Bonchev–Trinajstić information content (AvgIpc) is 2.69. The molecule has 3 aromatic rings. The van der Waals surface area contributed by atoms with Gasteiger partial charge in [-0.25, -0.2) is 9.97 Å². The van der Waals surface area contributed by atoms with Gasteiger partial charge in [0.25, 0.3) is 5.91 Å². The zero-order valence-electron chi connectivity index (χ0n) is 15.6. The molecule has 0 saturated carbocycles. The summed E-state index contributed by atoms with van der Waals surface area (Å²) in [6, 6.07) is 11.7. The molecule has 0 saturated heterocycles. The summed E-state index contributed by atoms with van der Waals surface area (Å²) in [6.07, 6.45) is 1.16. The number of hydrazine groups is 1. The molecule has 0 aliphatic rings. The van der Waals surface area contributed by atoms with Crippen molar-refractivity contribution in [2.45, 2.75) is 13.8 Å². The molecule has 9 nitrogen and oxygen atoms in total. The topological polar surface area (TPSA) is 122 Å². The number of aryl methyl sites for hydroxylation is 2. The van der Waals surface area contributed by atoms with Crippen LogP contribution in [0.15, 0.2) is 48.8 Å². The first-order valence-corrected chi connectivity index (χ1v) is 8.88. The Bertz CT molecular complexity index is 1070. The van der Waals surface area contributed by atoms with Gasteiger partial charge in [0.1, 0.15) is 6.33 Å². The normalized spacial score (nSPS) is 10.3. The first-order chi connectivity index (χ1) is 13.8. The van der Waals surface area contributed by atoms with E-state index in [2.05, 4.69) is 26.1 Å². The minimum Gasteiger partial charge on any atom is -0.334 e. The molecule has 0 radical (unpaired) electrons. The Morgan fingerprint density at radius 3 is 2.38 bits per heavy atom. The van der Waals surface area contributed by atoms with Crippen molar-refractivity contribution in [2.75, 3.05) is 10.7 Å². The van der Waals surface area contributed by atoms with Gasteiger partial charge < -0.3 is 5.32 Å². The van der Waals surface area contributed by atoms with E-state index in [1.807, 2.05) is 26.0 Å². The second kappa shape index (κ2) is 8.53. The predicted octanol–water partition coefficient (Wildman–Crippen LogP) is 4.16. The molecule has 29 heavy (non-hydrogen) atoms. The summed E-state index contributed by atoms with van der Waals surface area (Å²) in [5.41, 5.74) is 7.57. The summed E-state index contributed by atoms with van der Waals surface area (Å²) < 4.78 is 0. The summed E-state index contributed by atoms with van der Waals surface area (Å²) in [5, 5.41) is 15.0. The number of anilines is 3. The van der Waals surface area contributed by atoms with E-state index in [0.717, 1.165) is 17.5 Å². The first-order valence-electron chi connectivity index (χ1n) is 8.50. The molecule has 0 spiro atoms. The van der Waals surface area contributed by atoms with Gasteiger partial charge >= 0.3 is 5.69 Å². The number of nitro groups is 1. The highest BCUT2D eigenvalue weighted by Crippen LogP contribution is 2.31. The molecule has 0 aliphatic heterocycles. The third-order valence-corrected chi connectivity index (χ3v) is 4.43. The maximum absolute atomic E-state index is 12.2. The molecule has 0 fully saturated rings. The third kappa shape index (κ3) is 4.77. The third-order valence-electron chi connectivity index (χ3n) is 4.18. The Balaban J connectivity index is 1.82. The number of carbonyl (C=O) groups is 1. The fraction of sp³-hybridized carbons (Fsp3) is 0.105. The summed E-state index contributed by atoms with van der Waals surface area (Å²) in [4.78, 5) is 31.1. The number of nitrogens with one attached hydrogen (secondary N) is 3. The van der Waals surface area contributed by atoms with Crippen molar-refractivity contribution in [1.29, 1.82) is 0 Å². The van der Waals surface area contributed by atoms with Crippen LogP contribution in [0.5, 0.6) is 0 Å². The molecule has 1 aromatic heterocycles. The van der Waals surface area contributed by atoms with E-state index in [1.54, 1.807) is 18.2 Å². The van der Waals surface area contributed by atoms with Gasteiger partial charge in [-0.3, -0.25) is 25.8 Å². The number of benzene rings is 2. The Hall–Kier alpha value is -3.72. The smallest absolute Gasteiger partial charge is 0.334 e.